The minimum absolute atomic E-state index is 0.548. The Kier molecular flexibility index (Phi) is 6.68. The first-order valence-electron chi connectivity index (χ1n) is 5.33. The van der Waals surface area contributed by atoms with Crippen LogP contribution in [0.1, 0.15) is 26.2 Å². The van der Waals surface area contributed by atoms with Crippen LogP contribution in [-0.4, -0.2) is 37.3 Å². The fourth-order valence-electron chi connectivity index (χ4n) is 1.55. The minimum Gasteiger partial charge on any atom is -0.378 e. The van der Waals surface area contributed by atoms with Crippen LogP contribution in [0.5, 0.6) is 0 Å². The molecule has 1 fully saturated rings. The van der Waals surface area contributed by atoms with Crippen molar-refractivity contribution in [1.82, 2.24) is 5.32 Å². The maximum absolute atomic E-state index is 5.54. The Bertz CT molecular complexity index is 115. The molecule has 78 valence electrons. The third-order valence-corrected chi connectivity index (χ3v) is 3.20. The van der Waals surface area contributed by atoms with Crippen molar-refractivity contribution in [3.05, 3.63) is 0 Å². The molecule has 0 amide bonds. The summed E-state index contributed by atoms with van der Waals surface area (Å²) < 4.78 is 5.54. The summed E-state index contributed by atoms with van der Waals surface area (Å²) in [6.45, 7) is 5.45. The highest BCUT2D eigenvalue weighted by Gasteiger charge is 2.13. The lowest BCUT2D eigenvalue weighted by atomic mass is 10.2. The van der Waals surface area contributed by atoms with Gasteiger partial charge in [0.1, 0.15) is 0 Å². The average molecular weight is 203 g/mol. The van der Waals surface area contributed by atoms with Crippen molar-refractivity contribution in [2.45, 2.75) is 32.3 Å². The molecule has 1 atom stereocenters. The molecule has 0 aromatic carbocycles. The van der Waals surface area contributed by atoms with Crippen LogP contribution in [0.25, 0.3) is 0 Å². The molecule has 0 aliphatic carbocycles. The van der Waals surface area contributed by atoms with Gasteiger partial charge in [0.05, 0.1) is 6.10 Å². The molecule has 0 saturated carbocycles. The number of nitrogens with one attached hydrogen (secondary N) is 1. The van der Waals surface area contributed by atoms with Gasteiger partial charge in [-0.2, -0.15) is 11.8 Å². The largest absolute Gasteiger partial charge is 0.378 e. The van der Waals surface area contributed by atoms with E-state index in [1.54, 1.807) is 0 Å². The number of hydrogen-bond donors (Lipinski definition) is 1. The Morgan fingerprint density at radius 3 is 3.08 bits per heavy atom. The highest BCUT2D eigenvalue weighted by Crippen LogP contribution is 2.14. The molecule has 1 rings (SSSR count). The van der Waals surface area contributed by atoms with Crippen LogP contribution in [-0.2, 0) is 4.74 Å². The molecule has 2 nitrogen and oxygen atoms in total. The normalized spacial score (nSPS) is 22.4. The maximum atomic E-state index is 5.54. The van der Waals surface area contributed by atoms with Crippen molar-refractivity contribution in [2.24, 2.45) is 0 Å². The van der Waals surface area contributed by atoms with E-state index in [-0.39, 0.29) is 0 Å². The molecule has 1 unspecified atom stereocenters. The van der Waals surface area contributed by atoms with E-state index in [0.717, 1.165) is 19.7 Å². The van der Waals surface area contributed by atoms with Crippen LogP contribution in [0.4, 0.5) is 0 Å². The van der Waals surface area contributed by atoms with Crippen molar-refractivity contribution in [1.29, 1.82) is 0 Å². The zero-order valence-corrected chi connectivity index (χ0v) is 9.37. The van der Waals surface area contributed by atoms with Crippen LogP contribution in [0.15, 0.2) is 0 Å². The second-order valence-electron chi connectivity index (χ2n) is 3.37. The first-order chi connectivity index (χ1) is 6.43. The van der Waals surface area contributed by atoms with Gasteiger partial charge in [0, 0.05) is 18.9 Å². The second kappa shape index (κ2) is 7.65. The summed E-state index contributed by atoms with van der Waals surface area (Å²) in [4.78, 5) is 0. The predicted molar refractivity (Wildman–Crippen MR) is 59.5 cm³/mol. The van der Waals surface area contributed by atoms with Gasteiger partial charge >= 0.3 is 0 Å². The zero-order valence-electron chi connectivity index (χ0n) is 8.55. The number of hydrogen-bond acceptors (Lipinski definition) is 3. The van der Waals surface area contributed by atoms with Gasteiger partial charge < -0.3 is 10.1 Å². The Morgan fingerprint density at radius 1 is 1.46 bits per heavy atom. The van der Waals surface area contributed by atoms with Gasteiger partial charge in [0.25, 0.3) is 0 Å². The van der Waals surface area contributed by atoms with Crippen LogP contribution in [0, 0.1) is 0 Å². The van der Waals surface area contributed by atoms with Gasteiger partial charge in [-0.3, -0.25) is 0 Å². The molecule has 0 aromatic rings. The van der Waals surface area contributed by atoms with Gasteiger partial charge in [-0.1, -0.05) is 6.92 Å². The second-order valence-corrected chi connectivity index (χ2v) is 4.76. The number of ether oxygens (including phenoxy) is 1. The minimum atomic E-state index is 0.548. The van der Waals surface area contributed by atoms with Gasteiger partial charge in [-0.05, 0) is 31.6 Å². The van der Waals surface area contributed by atoms with E-state index in [9.17, 15) is 0 Å². The molecule has 1 heterocycles. The van der Waals surface area contributed by atoms with Gasteiger partial charge in [0.2, 0.25) is 0 Å². The molecule has 0 bridgehead atoms. The fourth-order valence-corrected chi connectivity index (χ4v) is 2.13. The lowest BCUT2D eigenvalue weighted by molar-refractivity contribution is 0.104. The third kappa shape index (κ3) is 5.55. The topological polar surface area (TPSA) is 21.3 Å². The standard InChI is InChI=1S/C10H21NOS/c1-2-13-9-7-11-6-5-10-4-3-8-12-10/h10-11H,2-9H2,1H3. The zero-order chi connectivity index (χ0) is 9.36. The lowest BCUT2D eigenvalue weighted by Gasteiger charge is -2.09. The van der Waals surface area contributed by atoms with Crippen molar-refractivity contribution >= 4 is 11.8 Å². The van der Waals surface area contributed by atoms with E-state index < -0.39 is 0 Å². The Hall–Kier alpha value is 0.270. The summed E-state index contributed by atoms with van der Waals surface area (Å²) in [5.74, 6) is 2.47. The molecule has 0 radical (unpaired) electrons. The molecule has 0 aromatic heterocycles. The Labute approximate surface area is 85.8 Å². The smallest absolute Gasteiger partial charge is 0.0588 e. The van der Waals surface area contributed by atoms with Gasteiger partial charge in [-0.15, -0.1) is 0 Å². The van der Waals surface area contributed by atoms with Crippen LogP contribution < -0.4 is 5.32 Å². The first-order valence-corrected chi connectivity index (χ1v) is 6.49. The highest BCUT2D eigenvalue weighted by molar-refractivity contribution is 7.99. The fraction of sp³-hybridized carbons (Fsp3) is 1.00. The molecule has 0 spiro atoms. The van der Waals surface area contributed by atoms with Gasteiger partial charge in [0.15, 0.2) is 0 Å². The molecular weight excluding hydrogens is 182 g/mol. The maximum Gasteiger partial charge on any atom is 0.0588 e. The van der Waals surface area contributed by atoms with Crippen LogP contribution in [0.2, 0.25) is 0 Å². The average Bonchev–Trinajstić information content (AvgIpc) is 2.63. The molecule has 1 saturated heterocycles. The Morgan fingerprint density at radius 2 is 2.38 bits per heavy atom. The van der Waals surface area contributed by atoms with E-state index >= 15 is 0 Å². The van der Waals surface area contributed by atoms with Crippen molar-refractivity contribution in [2.75, 3.05) is 31.2 Å². The molecule has 13 heavy (non-hydrogen) atoms. The summed E-state index contributed by atoms with van der Waals surface area (Å²) >= 11 is 2.00. The van der Waals surface area contributed by atoms with E-state index in [1.807, 2.05) is 11.8 Å². The van der Waals surface area contributed by atoms with E-state index in [2.05, 4.69) is 12.2 Å². The molecule has 1 N–H and O–H groups in total. The van der Waals surface area contributed by atoms with Crippen molar-refractivity contribution < 1.29 is 4.74 Å². The van der Waals surface area contributed by atoms with Crippen molar-refractivity contribution in [3.8, 4) is 0 Å². The summed E-state index contributed by atoms with van der Waals surface area (Å²) in [5, 5.41) is 3.45. The Balaban J connectivity index is 1.78. The van der Waals surface area contributed by atoms with Crippen LogP contribution >= 0.6 is 11.8 Å². The lowest BCUT2D eigenvalue weighted by Crippen LogP contribution is -2.22. The summed E-state index contributed by atoms with van der Waals surface area (Å²) in [5.41, 5.74) is 0. The predicted octanol–water partition coefficient (Wildman–Crippen LogP) is 1.90. The SMILES string of the molecule is CCSCCNCCC1CCCO1. The van der Waals surface area contributed by atoms with E-state index in [0.29, 0.717) is 6.10 Å². The van der Waals surface area contributed by atoms with E-state index in [1.165, 1.54) is 30.8 Å². The number of rotatable bonds is 7. The summed E-state index contributed by atoms with van der Waals surface area (Å²) in [6, 6.07) is 0. The molecule has 1 aliphatic heterocycles. The molecular formula is C10H21NOS. The molecule has 1 aliphatic rings. The highest BCUT2D eigenvalue weighted by atomic mass is 32.2. The van der Waals surface area contributed by atoms with Gasteiger partial charge in [-0.25, -0.2) is 0 Å². The van der Waals surface area contributed by atoms with Crippen LogP contribution in [0.3, 0.4) is 0 Å². The summed E-state index contributed by atoms with van der Waals surface area (Å²) in [7, 11) is 0. The number of thioether (sulfide) groups is 1. The summed E-state index contributed by atoms with van der Waals surface area (Å²) in [6.07, 6.45) is 4.27. The third-order valence-electron chi connectivity index (χ3n) is 2.29. The monoisotopic (exact) mass is 203 g/mol. The first kappa shape index (κ1) is 11.3. The quantitative estimate of drug-likeness (QED) is 0.639. The van der Waals surface area contributed by atoms with E-state index in [4.69, 9.17) is 4.74 Å². The van der Waals surface area contributed by atoms with Crippen molar-refractivity contribution in [3.63, 3.8) is 0 Å². The molecule has 3 heteroatoms.